The van der Waals surface area contributed by atoms with Crippen LogP contribution >= 0.6 is 11.6 Å². The minimum atomic E-state index is -0.454. The fourth-order valence-corrected chi connectivity index (χ4v) is 4.18. The molecule has 0 unspecified atom stereocenters. The molecular formula is C29H47ClO4. The summed E-state index contributed by atoms with van der Waals surface area (Å²) in [6.07, 6.45) is 20.1. The largest absolute Gasteiger partial charge is 0.462 e. The Morgan fingerprint density at radius 1 is 0.588 bits per heavy atom. The van der Waals surface area contributed by atoms with Crippen LogP contribution in [-0.4, -0.2) is 31.0 Å². The molecule has 1 rings (SSSR count). The third kappa shape index (κ3) is 15.4. The highest BCUT2D eigenvalue weighted by Crippen LogP contribution is 2.15. The Kier molecular flexibility index (Phi) is 19.7. The number of unbranched alkanes of at least 4 members (excludes halogenated alkanes) is 15. The van der Waals surface area contributed by atoms with E-state index in [1.165, 1.54) is 57.8 Å². The Balaban J connectivity index is 2.17. The van der Waals surface area contributed by atoms with Gasteiger partial charge in [0.05, 0.1) is 24.3 Å². The first-order valence-electron chi connectivity index (χ1n) is 13.7. The van der Waals surface area contributed by atoms with Gasteiger partial charge in [0.2, 0.25) is 0 Å². The molecule has 0 saturated heterocycles. The average Bonchev–Trinajstić information content (AvgIpc) is 2.86. The second kappa shape index (κ2) is 21.9. The normalized spacial score (nSPS) is 10.9. The molecule has 0 fully saturated rings. The molecule has 5 heteroatoms. The number of alkyl halides is 1. The van der Waals surface area contributed by atoms with E-state index in [4.69, 9.17) is 21.1 Å². The van der Waals surface area contributed by atoms with E-state index in [9.17, 15) is 9.59 Å². The van der Waals surface area contributed by atoms with Crippen molar-refractivity contribution in [3.63, 3.8) is 0 Å². The highest BCUT2D eigenvalue weighted by molar-refractivity contribution is 6.17. The lowest BCUT2D eigenvalue weighted by molar-refractivity contribution is 0.0450. The van der Waals surface area contributed by atoms with E-state index in [2.05, 4.69) is 6.92 Å². The molecular weight excluding hydrogens is 448 g/mol. The van der Waals surface area contributed by atoms with Crippen molar-refractivity contribution in [1.29, 1.82) is 0 Å². The fourth-order valence-electron chi connectivity index (χ4n) is 3.99. The van der Waals surface area contributed by atoms with Crippen molar-refractivity contribution in [1.82, 2.24) is 0 Å². The maximum absolute atomic E-state index is 12.5. The number of rotatable bonds is 22. The van der Waals surface area contributed by atoms with Gasteiger partial charge in [-0.2, -0.15) is 0 Å². The van der Waals surface area contributed by atoms with Crippen molar-refractivity contribution in [2.24, 2.45) is 0 Å². The molecule has 0 radical (unpaired) electrons. The molecule has 34 heavy (non-hydrogen) atoms. The smallest absolute Gasteiger partial charge is 0.339 e. The van der Waals surface area contributed by atoms with E-state index in [-0.39, 0.29) is 11.1 Å². The van der Waals surface area contributed by atoms with Gasteiger partial charge in [0.25, 0.3) is 0 Å². The van der Waals surface area contributed by atoms with Crippen LogP contribution in [-0.2, 0) is 9.47 Å². The maximum Gasteiger partial charge on any atom is 0.339 e. The summed E-state index contributed by atoms with van der Waals surface area (Å²) in [4.78, 5) is 25.0. The number of ether oxygens (including phenoxy) is 2. The van der Waals surface area contributed by atoms with E-state index in [0.29, 0.717) is 13.2 Å². The van der Waals surface area contributed by atoms with Crippen molar-refractivity contribution in [2.75, 3.05) is 19.1 Å². The van der Waals surface area contributed by atoms with Crippen molar-refractivity contribution in [3.05, 3.63) is 35.4 Å². The second-order valence-corrected chi connectivity index (χ2v) is 9.54. The number of esters is 2. The summed E-state index contributed by atoms with van der Waals surface area (Å²) in [5.74, 6) is -0.179. The van der Waals surface area contributed by atoms with Crippen LogP contribution in [0.2, 0.25) is 0 Å². The fraction of sp³-hybridized carbons (Fsp3) is 0.724. The predicted octanol–water partition coefficient (Wildman–Crippen LogP) is 8.89. The lowest BCUT2D eigenvalue weighted by Crippen LogP contribution is -2.15. The lowest BCUT2D eigenvalue weighted by Gasteiger charge is -2.10. The van der Waals surface area contributed by atoms with Crippen LogP contribution in [0.25, 0.3) is 0 Å². The van der Waals surface area contributed by atoms with Crippen LogP contribution in [0, 0.1) is 0 Å². The van der Waals surface area contributed by atoms with E-state index in [1.54, 1.807) is 24.3 Å². The Labute approximate surface area is 213 Å². The average molecular weight is 495 g/mol. The van der Waals surface area contributed by atoms with Crippen LogP contribution < -0.4 is 0 Å². The molecule has 1 aromatic carbocycles. The van der Waals surface area contributed by atoms with Crippen LogP contribution in [0.1, 0.15) is 137 Å². The predicted molar refractivity (Wildman–Crippen MR) is 142 cm³/mol. The first-order valence-corrected chi connectivity index (χ1v) is 14.2. The minimum absolute atomic E-state index is 0.286. The zero-order valence-corrected chi connectivity index (χ0v) is 22.2. The van der Waals surface area contributed by atoms with Crippen molar-refractivity contribution < 1.29 is 19.1 Å². The van der Waals surface area contributed by atoms with E-state index in [1.807, 2.05) is 0 Å². The molecule has 0 N–H and O–H groups in total. The summed E-state index contributed by atoms with van der Waals surface area (Å²) in [5.41, 5.74) is 0.574. The van der Waals surface area contributed by atoms with Gasteiger partial charge in [0.1, 0.15) is 0 Å². The first-order chi connectivity index (χ1) is 16.7. The number of hydrogen-bond donors (Lipinski definition) is 0. The van der Waals surface area contributed by atoms with E-state index < -0.39 is 11.9 Å². The van der Waals surface area contributed by atoms with Crippen molar-refractivity contribution in [2.45, 2.75) is 116 Å². The molecule has 0 aromatic heterocycles. The number of carbonyl (C=O) groups is 2. The first kappa shape index (κ1) is 30.5. The molecule has 0 aliphatic heterocycles. The summed E-state index contributed by atoms with van der Waals surface area (Å²) in [5, 5.41) is 0. The molecule has 0 amide bonds. The third-order valence-corrected chi connectivity index (χ3v) is 6.38. The zero-order valence-electron chi connectivity index (χ0n) is 21.5. The van der Waals surface area contributed by atoms with Gasteiger partial charge in [-0.15, -0.1) is 11.6 Å². The van der Waals surface area contributed by atoms with E-state index >= 15 is 0 Å². The number of benzene rings is 1. The van der Waals surface area contributed by atoms with Gasteiger partial charge in [-0.05, 0) is 31.4 Å². The van der Waals surface area contributed by atoms with Crippen molar-refractivity contribution >= 4 is 23.5 Å². The zero-order chi connectivity index (χ0) is 24.7. The summed E-state index contributed by atoms with van der Waals surface area (Å²) in [6, 6.07) is 6.76. The number of halogens is 1. The Morgan fingerprint density at radius 2 is 0.941 bits per heavy atom. The van der Waals surface area contributed by atoms with E-state index in [0.717, 1.165) is 57.2 Å². The molecule has 0 bridgehead atoms. The topological polar surface area (TPSA) is 52.6 Å². The van der Waals surface area contributed by atoms with Gasteiger partial charge < -0.3 is 9.47 Å². The Morgan fingerprint density at radius 3 is 1.32 bits per heavy atom. The number of carbonyl (C=O) groups excluding carboxylic acids is 2. The van der Waals surface area contributed by atoms with Crippen LogP contribution in [0.5, 0.6) is 0 Å². The molecule has 0 aliphatic carbocycles. The highest BCUT2D eigenvalue weighted by Gasteiger charge is 2.18. The Hall–Kier alpha value is -1.55. The molecule has 1 aromatic rings. The molecule has 194 valence electrons. The number of hydrogen-bond acceptors (Lipinski definition) is 4. The van der Waals surface area contributed by atoms with Gasteiger partial charge in [-0.1, -0.05) is 109 Å². The van der Waals surface area contributed by atoms with Crippen LogP contribution in [0.4, 0.5) is 0 Å². The molecule has 0 saturated carbocycles. The second-order valence-electron chi connectivity index (χ2n) is 9.16. The molecule has 0 spiro atoms. The van der Waals surface area contributed by atoms with Gasteiger partial charge in [-0.25, -0.2) is 9.59 Å². The molecule has 0 atom stereocenters. The van der Waals surface area contributed by atoms with Gasteiger partial charge in [-0.3, -0.25) is 0 Å². The van der Waals surface area contributed by atoms with Gasteiger partial charge in [0, 0.05) is 5.88 Å². The minimum Gasteiger partial charge on any atom is -0.462 e. The van der Waals surface area contributed by atoms with Crippen LogP contribution in [0.15, 0.2) is 24.3 Å². The highest BCUT2D eigenvalue weighted by atomic mass is 35.5. The monoisotopic (exact) mass is 494 g/mol. The molecule has 0 heterocycles. The lowest BCUT2D eigenvalue weighted by atomic mass is 10.1. The molecule has 0 aliphatic rings. The van der Waals surface area contributed by atoms with Gasteiger partial charge >= 0.3 is 11.9 Å². The summed E-state index contributed by atoms with van der Waals surface area (Å²) < 4.78 is 10.8. The van der Waals surface area contributed by atoms with Crippen molar-refractivity contribution in [3.8, 4) is 0 Å². The quantitative estimate of drug-likeness (QED) is 0.0916. The van der Waals surface area contributed by atoms with Crippen LogP contribution in [0.3, 0.4) is 0 Å². The third-order valence-electron chi connectivity index (χ3n) is 6.11. The molecule has 4 nitrogen and oxygen atoms in total. The maximum atomic E-state index is 12.5. The summed E-state index contributed by atoms with van der Waals surface area (Å²) in [7, 11) is 0. The summed E-state index contributed by atoms with van der Waals surface area (Å²) >= 11 is 5.68. The summed E-state index contributed by atoms with van der Waals surface area (Å²) in [6.45, 7) is 3.01. The standard InChI is InChI=1S/C29H47ClO4/c1-2-3-4-5-6-7-8-9-11-14-19-24-33-28(31)26-21-16-17-22-27(26)29(32)34-25-20-15-12-10-13-18-23-30/h16-17,21-22H,2-15,18-20,23-25H2,1H3. The SMILES string of the molecule is CCCCCCCCCCCCCOC(=O)c1ccccc1C(=O)OCCCCCCCCCl. The van der Waals surface area contributed by atoms with Gasteiger partial charge in [0.15, 0.2) is 0 Å². The Bertz CT molecular complexity index is 647.